The Morgan fingerprint density at radius 3 is 1.26 bits per heavy atom. The van der Waals surface area contributed by atoms with Crippen LogP contribution < -0.4 is 0 Å². The van der Waals surface area contributed by atoms with Crippen LogP contribution in [-0.4, -0.2) is 45.2 Å². The largest absolute Gasteiger partial charge is 0.481 e. The van der Waals surface area contributed by atoms with E-state index in [0.29, 0.717) is 17.9 Å². The third-order valence-electron chi connectivity index (χ3n) is 7.91. The van der Waals surface area contributed by atoms with Gasteiger partial charge in [0.05, 0.1) is 11.8 Å². The highest BCUT2D eigenvalue weighted by molar-refractivity contribution is 7.99. The average Bonchev–Trinajstić information content (AvgIpc) is 2.90. The zero-order chi connectivity index (χ0) is 29.0. The van der Waals surface area contributed by atoms with Crippen LogP contribution in [0.25, 0.3) is 0 Å². The molecule has 2 N–H and O–H groups in total. The summed E-state index contributed by atoms with van der Waals surface area (Å²) in [6, 6.07) is 0. The average molecular weight is 589 g/mol. The predicted octanol–water partition coefficient (Wildman–Crippen LogP) is 10.7. The molecular weight excluding hydrogens is 524 g/mol. The van der Waals surface area contributed by atoms with E-state index in [4.69, 9.17) is 0 Å². The molecule has 0 fully saturated rings. The van der Waals surface area contributed by atoms with Crippen molar-refractivity contribution in [2.45, 2.75) is 156 Å². The lowest BCUT2D eigenvalue weighted by molar-refractivity contribution is -0.145. The Kier molecular flexibility index (Phi) is 28.9. The number of carboxylic acid groups (broad SMARTS) is 2. The van der Waals surface area contributed by atoms with E-state index in [0.717, 1.165) is 24.3 Å². The number of carboxylic acids is 2. The number of thioether (sulfide) groups is 2. The number of rotatable bonds is 31. The van der Waals surface area contributed by atoms with Crippen molar-refractivity contribution in [2.24, 2.45) is 17.8 Å². The first kappa shape index (κ1) is 38.6. The molecule has 3 unspecified atom stereocenters. The molecule has 4 nitrogen and oxygen atoms in total. The second-order valence-corrected chi connectivity index (χ2v) is 14.0. The summed E-state index contributed by atoms with van der Waals surface area (Å²) in [6.07, 6.45) is 26.7. The van der Waals surface area contributed by atoms with Crippen molar-refractivity contribution in [1.29, 1.82) is 0 Å². The van der Waals surface area contributed by atoms with Crippen LogP contribution in [0.2, 0.25) is 0 Å². The van der Waals surface area contributed by atoms with Crippen molar-refractivity contribution in [3.8, 4) is 0 Å². The molecule has 0 spiro atoms. The Hall–Kier alpha value is -0.360. The van der Waals surface area contributed by atoms with Gasteiger partial charge in [0.2, 0.25) is 0 Å². The van der Waals surface area contributed by atoms with E-state index < -0.39 is 23.8 Å². The maximum absolute atomic E-state index is 11.9. The lowest BCUT2D eigenvalue weighted by Gasteiger charge is -2.23. The molecule has 232 valence electrons. The van der Waals surface area contributed by atoms with Crippen molar-refractivity contribution < 1.29 is 19.8 Å². The van der Waals surface area contributed by atoms with Gasteiger partial charge in [-0.3, -0.25) is 9.59 Å². The monoisotopic (exact) mass is 588 g/mol. The SMILES string of the molecule is CCCCCCCCCCCCSCC(CC(C)C(CSCCCCCCCCCCCC)C(=O)O)C(=O)O. The highest BCUT2D eigenvalue weighted by Gasteiger charge is 2.29. The number of carbonyl (C=O) groups is 2. The number of aliphatic carboxylic acids is 2. The maximum Gasteiger partial charge on any atom is 0.307 e. The summed E-state index contributed by atoms with van der Waals surface area (Å²) >= 11 is 3.47. The molecule has 0 bridgehead atoms. The highest BCUT2D eigenvalue weighted by atomic mass is 32.2. The van der Waals surface area contributed by atoms with Crippen LogP contribution in [-0.2, 0) is 9.59 Å². The third-order valence-corrected chi connectivity index (χ3v) is 10.3. The first-order valence-corrected chi connectivity index (χ1v) is 18.9. The van der Waals surface area contributed by atoms with E-state index in [9.17, 15) is 19.8 Å². The van der Waals surface area contributed by atoms with E-state index >= 15 is 0 Å². The first-order valence-electron chi connectivity index (χ1n) is 16.5. The third kappa shape index (κ3) is 25.1. The minimum absolute atomic E-state index is 0.123. The lowest BCUT2D eigenvalue weighted by Crippen LogP contribution is -2.29. The van der Waals surface area contributed by atoms with Gasteiger partial charge < -0.3 is 10.2 Å². The maximum atomic E-state index is 11.9. The quantitative estimate of drug-likeness (QED) is 0.0785. The van der Waals surface area contributed by atoms with Crippen LogP contribution in [0, 0.1) is 17.8 Å². The molecule has 0 aliphatic heterocycles. The minimum atomic E-state index is -0.778. The topological polar surface area (TPSA) is 74.6 Å². The Morgan fingerprint density at radius 1 is 0.538 bits per heavy atom. The van der Waals surface area contributed by atoms with Gasteiger partial charge in [-0.1, -0.05) is 136 Å². The predicted molar refractivity (Wildman–Crippen MR) is 174 cm³/mol. The molecule has 6 heteroatoms. The van der Waals surface area contributed by atoms with E-state index in [-0.39, 0.29) is 5.92 Å². The fourth-order valence-corrected chi connectivity index (χ4v) is 7.59. The van der Waals surface area contributed by atoms with Crippen molar-refractivity contribution in [1.82, 2.24) is 0 Å². The standard InChI is InChI=1S/C33H64O4S2/c1-4-6-8-10-12-14-16-18-20-22-24-38-27-30(32(34)35)26-29(3)31(33(36)37)28-39-25-23-21-19-17-15-13-11-9-7-5-2/h29-31H,4-28H2,1-3H3,(H,34,35)(H,36,37). The van der Waals surface area contributed by atoms with Gasteiger partial charge in [0.1, 0.15) is 0 Å². The fourth-order valence-electron chi connectivity index (χ4n) is 5.15. The molecule has 39 heavy (non-hydrogen) atoms. The zero-order valence-electron chi connectivity index (χ0n) is 25.9. The molecule has 0 saturated heterocycles. The zero-order valence-corrected chi connectivity index (χ0v) is 27.6. The van der Waals surface area contributed by atoms with Gasteiger partial charge in [-0.15, -0.1) is 0 Å². The van der Waals surface area contributed by atoms with Crippen LogP contribution in [0.1, 0.15) is 156 Å². The Balaban J connectivity index is 3.98. The molecule has 3 atom stereocenters. The van der Waals surface area contributed by atoms with Crippen LogP contribution in [0.5, 0.6) is 0 Å². The number of unbranched alkanes of at least 4 members (excludes halogenated alkanes) is 18. The Labute approximate surface area is 251 Å². The molecular formula is C33H64O4S2. The van der Waals surface area contributed by atoms with Gasteiger partial charge in [-0.2, -0.15) is 23.5 Å². The van der Waals surface area contributed by atoms with Gasteiger partial charge in [0.15, 0.2) is 0 Å². The summed E-state index contributed by atoms with van der Waals surface area (Å²) in [5.41, 5.74) is 0. The summed E-state index contributed by atoms with van der Waals surface area (Å²) in [7, 11) is 0. The van der Waals surface area contributed by atoms with Crippen molar-refractivity contribution in [3.63, 3.8) is 0 Å². The minimum Gasteiger partial charge on any atom is -0.481 e. The molecule has 0 saturated carbocycles. The molecule has 0 aromatic rings. The van der Waals surface area contributed by atoms with E-state index in [1.54, 1.807) is 23.5 Å². The van der Waals surface area contributed by atoms with Crippen LogP contribution in [0.4, 0.5) is 0 Å². The molecule has 0 rings (SSSR count). The van der Waals surface area contributed by atoms with Crippen molar-refractivity contribution in [2.75, 3.05) is 23.0 Å². The molecule has 0 amide bonds. The molecule has 0 aromatic carbocycles. The molecule has 0 radical (unpaired) electrons. The van der Waals surface area contributed by atoms with E-state index in [2.05, 4.69) is 13.8 Å². The fraction of sp³-hybridized carbons (Fsp3) is 0.939. The van der Waals surface area contributed by atoms with Crippen molar-refractivity contribution in [3.05, 3.63) is 0 Å². The second kappa shape index (κ2) is 29.1. The van der Waals surface area contributed by atoms with Crippen LogP contribution >= 0.6 is 23.5 Å². The van der Waals surface area contributed by atoms with Gasteiger partial charge in [0, 0.05) is 11.5 Å². The van der Waals surface area contributed by atoms with Gasteiger partial charge in [-0.25, -0.2) is 0 Å². The molecule has 0 aromatic heterocycles. The van der Waals surface area contributed by atoms with Crippen LogP contribution in [0.15, 0.2) is 0 Å². The van der Waals surface area contributed by atoms with Crippen molar-refractivity contribution >= 4 is 35.5 Å². The normalized spacial score (nSPS) is 13.8. The highest BCUT2D eigenvalue weighted by Crippen LogP contribution is 2.27. The summed E-state index contributed by atoms with van der Waals surface area (Å²) in [5.74, 6) is 0.590. The Bertz CT molecular complexity index is 558. The first-order chi connectivity index (χ1) is 18.9. The smallest absolute Gasteiger partial charge is 0.307 e. The summed E-state index contributed by atoms with van der Waals surface area (Å²) < 4.78 is 0. The van der Waals surface area contributed by atoms with Gasteiger partial charge in [0.25, 0.3) is 0 Å². The van der Waals surface area contributed by atoms with Gasteiger partial charge >= 0.3 is 11.9 Å². The Morgan fingerprint density at radius 2 is 0.897 bits per heavy atom. The summed E-state index contributed by atoms with van der Waals surface area (Å²) in [5, 5.41) is 19.5. The number of hydrogen-bond donors (Lipinski definition) is 2. The lowest BCUT2D eigenvalue weighted by atomic mass is 9.87. The van der Waals surface area contributed by atoms with Crippen LogP contribution in [0.3, 0.4) is 0 Å². The second-order valence-electron chi connectivity index (χ2n) is 11.7. The van der Waals surface area contributed by atoms with E-state index in [1.807, 2.05) is 6.92 Å². The summed E-state index contributed by atoms with van der Waals surface area (Å²) in [4.78, 5) is 23.8. The molecule has 0 aliphatic carbocycles. The molecule has 0 aliphatic rings. The summed E-state index contributed by atoms with van der Waals surface area (Å²) in [6.45, 7) is 6.44. The number of hydrogen-bond acceptors (Lipinski definition) is 4. The van der Waals surface area contributed by atoms with E-state index in [1.165, 1.54) is 116 Å². The van der Waals surface area contributed by atoms with Gasteiger partial charge in [-0.05, 0) is 36.7 Å². The molecule has 0 heterocycles.